The van der Waals surface area contributed by atoms with E-state index in [0.717, 1.165) is 32.1 Å². The van der Waals surface area contributed by atoms with Crippen molar-refractivity contribution >= 4 is 39.4 Å². The Morgan fingerprint density at radius 2 is 1.55 bits per heavy atom. The highest BCUT2D eigenvalue weighted by Crippen LogP contribution is 2.50. The number of sulfone groups is 1. The molecule has 0 aromatic carbocycles. The molecule has 290 valence electrons. The van der Waals surface area contributed by atoms with Crippen molar-refractivity contribution < 1.29 is 32.4 Å². The van der Waals surface area contributed by atoms with Crippen molar-refractivity contribution in [1.82, 2.24) is 26.2 Å². The second-order valence-electron chi connectivity index (χ2n) is 17.3. The third kappa shape index (κ3) is 11.0. The smallest absolute Gasteiger partial charge is 0.315 e. The van der Waals surface area contributed by atoms with Gasteiger partial charge in [0, 0.05) is 13.1 Å². The maximum Gasteiger partial charge on any atom is 0.315 e. The second kappa shape index (κ2) is 16.8. The van der Waals surface area contributed by atoms with Crippen molar-refractivity contribution in [2.24, 2.45) is 16.7 Å². The summed E-state index contributed by atoms with van der Waals surface area (Å²) in [6.07, 6.45) is 9.56. The average Bonchev–Trinajstić information content (AvgIpc) is 3.99. The van der Waals surface area contributed by atoms with Gasteiger partial charge >= 0.3 is 6.03 Å². The van der Waals surface area contributed by atoms with Crippen LogP contribution < -0.4 is 21.3 Å². The van der Waals surface area contributed by atoms with Crippen LogP contribution in [-0.2, 0) is 29.0 Å². The van der Waals surface area contributed by atoms with E-state index in [-0.39, 0.29) is 24.8 Å². The lowest BCUT2D eigenvalue weighted by molar-refractivity contribution is -0.147. The van der Waals surface area contributed by atoms with E-state index in [0.29, 0.717) is 44.9 Å². The van der Waals surface area contributed by atoms with Gasteiger partial charge in [-0.05, 0) is 75.5 Å². The van der Waals surface area contributed by atoms with Gasteiger partial charge in [0.15, 0.2) is 9.84 Å². The lowest BCUT2D eigenvalue weighted by Gasteiger charge is -2.42. The first-order chi connectivity index (χ1) is 23.7. The van der Waals surface area contributed by atoms with Crippen LogP contribution in [0.1, 0.15) is 132 Å². The molecule has 3 atom stereocenters. The number of carbonyl (C=O) groups excluding carboxylic acids is 5. The number of nitrogens with zero attached hydrogens (tertiary/aromatic N) is 1. The maximum atomic E-state index is 14.7. The van der Waals surface area contributed by atoms with Gasteiger partial charge < -0.3 is 26.2 Å². The first kappa shape index (κ1) is 42.5. The van der Waals surface area contributed by atoms with E-state index < -0.39 is 78.6 Å². The Balaban J connectivity index is 1.90. The third-order valence-electron chi connectivity index (χ3n) is 11.3. The van der Waals surface area contributed by atoms with E-state index in [1.54, 1.807) is 18.7 Å². The molecule has 0 saturated heterocycles. The first-order valence-corrected chi connectivity index (χ1v) is 20.7. The van der Waals surface area contributed by atoms with Gasteiger partial charge in [-0.25, -0.2) is 13.2 Å². The molecule has 0 aromatic rings. The van der Waals surface area contributed by atoms with E-state index in [1.807, 2.05) is 41.5 Å². The van der Waals surface area contributed by atoms with E-state index in [9.17, 15) is 32.4 Å². The van der Waals surface area contributed by atoms with Crippen molar-refractivity contribution in [3.8, 4) is 0 Å². The molecule has 0 aromatic heterocycles. The Kier molecular flexibility index (Phi) is 14.0. The normalized spacial score (nSPS) is 20.2. The van der Waals surface area contributed by atoms with Crippen molar-refractivity contribution in [2.45, 2.75) is 161 Å². The Labute approximate surface area is 306 Å². The molecule has 0 heterocycles. The van der Waals surface area contributed by atoms with Gasteiger partial charge in [0.1, 0.15) is 12.1 Å². The van der Waals surface area contributed by atoms with Crippen molar-refractivity contribution in [2.75, 3.05) is 18.8 Å². The first-order valence-electron chi connectivity index (χ1n) is 19.0. The van der Waals surface area contributed by atoms with Crippen molar-refractivity contribution in [3.05, 3.63) is 12.7 Å². The highest BCUT2D eigenvalue weighted by Gasteiger charge is 2.54. The second-order valence-corrected chi connectivity index (χ2v) is 19.9. The summed E-state index contributed by atoms with van der Waals surface area (Å²) in [6.45, 7) is 18.6. The van der Waals surface area contributed by atoms with Gasteiger partial charge in [-0.2, -0.15) is 0 Å². The van der Waals surface area contributed by atoms with Crippen molar-refractivity contribution in [3.63, 3.8) is 0 Å². The summed E-state index contributed by atoms with van der Waals surface area (Å²) in [5, 5.41) is 11.3. The lowest BCUT2D eigenvalue weighted by Crippen LogP contribution is -2.65. The molecule has 3 rings (SSSR count). The van der Waals surface area contributed by atoms with Crippen LogP contribution in [-0.4, -0.2) is 90.1 Å². The number of ketones is 1. The lowest BCUT2D eigenvalue weighted by atomic mass is 9.83. The minimum atomic E-state index is -3.58. The molecule has 3 aliphatic rings. The Hall–Kier alpha value is -2.96. The van der Waals surface area contributed by atoms with Gasteiger partial charge in [0.2, 0.25) is 17.6 Å². The van der Waals surface area contributed by atoms with Gasteiger partial charge in [0.25, 0.3) is 5.91 Å². The zero-order chi connectivity index (χ0) is 38.4. The predicted molar refractivity (Wildman–Crippen MR) is 200 cm³/mol. The summed E-state index contributed by atoms with van der Waals surface area (Å²) in [5.41, 5.74) is -2.30. The van der Waals surface area contributed by atoms with Crippen LogP contribution in [0.5, 0.6) is 0 Å². The zero-order valence-electron chi connectivity index (χ0n) is 32.4. The van der Waals surface area contributed by atoms with Crippen LogP contribution >= 0.6 is 0 Å². The molecule has 2 unspecified atom stereocenters. The SMILES string of the molecule is C=CCNC(=O)C(=O)C(CC1CC1)NC(=O)C(N(CCC)C(=O)[C@@H](NC(=O)NC1(CS(=O)(=O)C(C)(C)CC)CCCCC1)C(C)(C)C)C1(C)CC1. The predicted octanol–water partition coefficient (Wildman–Crippen LogP) is 4.57. The molecule has 3 aliphatic carbocycles. The quantitative estimate of drug-likeness (QED) is 0.111. The Morgan fingerprint density at radius 1 is 0.941 bits per heavy atom. The standard InChI is InChI=1S/C38H65N5O7S/c1-10-22-39-31(45)28(44)27(24-26-16-17-26)40-32(46)30(37(9)20-21-37)43(23-11-2)33(47)29(35(4,5)6)41-34(48)42-38(18-14-13-15-19-38)25-51(49,50)36(7,8)12-3/h10,26-27,29-30H,1,11-25H2,2-9H3,(H,39,45)(H,40,46)(H2,41,42,48)/t27?,29-,30?/m1/s1. The topological polar surface area (TPSA) is 171 Å². The number of hydrogen-bond donors (Lipinski definition) is 4. The number of urea groups is 1. The summed E-state index contributed by atoms with van der Waals surface area (Å²) in [7, 11) is -3.58. The molecule has 3 fully saturated rings. The highest BCUT2D eigenvalue weighted by molar-refractivity contribution is 7.92. The monoisotopic (exact) mass is 735 g/mol. The van der Waals surface area contributed by atoms with E-state index in [4.69, 9.17) is 0 Å². The Morgan fingerprint density at radius 3 is 2.04 bits per heavy atom. The number of hydrogen-bond acceptors (Lipinski definition) is 7. The van der Waals surface area contributed by atoms with Crippen LogP contribution in [0.25, 0.3) is 0 Å². The fourth-order valence-corrected chi connectivity index (χ4v) is 8.95. The fourth-order valence-electron chi connectivity index (χ4n) is 7.03. The molecule has 0 aliphatic heterocycles. The largest absolute Gasteiger partial charge is 0.346 e. The van der Waals surface area contributed by atoms with Gasteiger partial charge in [-0.15, -0.1) is 6.58 Å². The molecule has 3 saturated carbocycles. The fraction of sp³-hybridized carbons (Fsp3) is 0.816. The van der Waals surface area contributed by atoms with Crippen LogP contribution in [0, 0.1) is 16.7 Å². The minimum absolute atomic E-state index is 0.122. The summed E-state index contributed by atoms with van der Waals surface area (Å²) >= 11 is 0. The summed E-state index contributed by atoms with van der Waals surface area (Å²) in [5.74, 6) is -2.39. The molecular formula is C38H65N5O7S. The number of amides is 5. The van der Waals surface area contributed by atoms with Crippen LogP contribution in [0.4, 0.5) is 4.79 Å². The molecule has 5 amide bonds. The molecule has 13 heteroatoms. The van der Waals surface area contributed by atoms with E-state index in [1.165, 1.54) is 6.08 Å². The van der Waals surface area contributed by atoms with E-state index >= 15 is 0 Å². The number of rotatable bonds is 19. The molecule has 4 N–H and O–H groups in total. The molecular weight excluding hydrogens is 671 g/mol. The van der Waals surface area contributed by atoms with Gasteiger partial charge in [-0.3, -0.25) is 19.2 Å². The molecule has 0 bridgehead atoms. The maximum absolute atomic E-state index is 14.7. The molecule has 12 nitrogen and oxygen atoms in total. The number of carbonyl (C=O) groups is 5. The number of nitrogens with one attached hydrogen (secondary N) is 4. The zero-order valence-corrected chi connectivity index (χ0v) is 33.2. The molecule has 51 heavy (non-hydrogen) atoms. The van der Waals surface area contributed by atoms with Gasteiger partial charge in [0.05, 0.1) is 22.1 Å². The minimum Gasteiger partial charge on any atom is -0.346 e. The third-order valence-corrected chi connectivity index (χ3v) is 14.2. The molecule has 0 radical (unpaired) electrons. The van der Waals surface area contributed by atoms with Crippen LogP contribution in [0.3, 0.4) is 0 Å². The van der Waals surface area contributed by atoms with Gasteiger partial charge in [-0.1, -0.05) is 79.7 Å². The van der Waals surface area contributed by atoms with Crippen LogP contribution in [0.15, 0.2) is 12.7 Å². The number of Topliss-reactive ketones (excluding diaryl/α,β-unsaturated/α-hetero) is 1. The average molecular weight is 736 g/mol. The Bertz CT molecular complexity index is 1410. The summed E-state index contributed by atoms with van der Waals surface area (Å²) in [4.78, 5) is 70.3. The van der Waals surface area contributed by atoms with E-state index in [2.05, 4.69) is 27.8 Å². The highest BCUT2D eigenvalue weighted by atomic mass is 32.2. The molecule has 0 spiro atoms. The summed E-state index contributed by atoms with van der Waals surface area (Å²) < 4.78 is 26.2. The van der Waals surface area contributed by atoms with Crippen molar-refractivity contribution in [1.29, 1.82) is 0 Å². The summed E-state index contributed by atoms with van der Waals surface area (Å²) in [6, 6.07) is -3.64. The van der Waals surface area contributed by atoms with Crippen LogP contribution in [0.2, 0.25) is 0 Å².